The number of para-hydroxylation sites is 1. The molecule has 0 bridgehead atoms. The molecule has 1 aromatic carbocycles. The molecule has 0 unspecified atom stereocenters. The number of methoxy groups -OCH3 is 1. The number of aromatic nitrogens is 4. The SMILES string of the molecule is COc1ccccc1-c1cnn2c(NCCc3cccnc3)ccnc12. The van der Waals surface area contributed by atoms with Gasteiger partial charge in [0.1, 0.15) is 11.6 Å². The molecule has 0 aliphatic heterocycles. The fourth-order valence-electron chi connectivity index (χ4n) is 2.96. The van der Waals surface area contributed by atoms with Gasteiger partial charge in [-0.1, -0.05) is 24.3 Å². The van der Waals surface area contributed by atoms with Gasteiger partial charge in [-0.05, 0) is 30.2 Å². The number of pyridine rings is 1. The number of fused-ring (bicyclic) bond motifs is 1. The van der Waals surface area contributed by atoms with Gasteiger partial charge in [0.2, 0.25) is 0 Å². The molecular formula is C20H19N5O. The van der Waals surface area contributed by atoms with Crippen LogP contribution in [0.4, 0.5) is 5.82 Å². The van der Waals surface area contributed by atoms with E-state index in [1.54, 1.807) is 19.5 Å². The Morgan fingerprint density at radius 2 is 1.92 bits per heavy atom. The lowest BCUT2D eigenvalue weighted by Crippen LogP contribution is -2.09. The molecule has 4 aromatic rings. The molecule has 0 aliphatic carbocycles. The summed E-state index contributed by atoms with van der Waals surface area (Å²) in [5.41, 5.74) is 3.91. The van der Waals surface area contributed by atoms with Gasteiger partial charge in [-0.3, -0.25) is 4.98 Å². The number of ether oxygens (including phenoxy) is 1. The van der Waals surface area contributed by atoms with Crippen molar-refractivity contribution in [3.05, 3.63) is 72.8 Å². The largest absolute Gasteiger partial charge is 0.496 e. The Morgan fingerprint density at radius 1 is 1.00 bits per heavy atom. The van der Waals surface area contributed by atoms with Crippen LogP contribution in [0.1, 0.15) is 5.56 Å². The zero-order valence-electron chi connectivity index (χ0n) is 14.5. The maximum Gasteiger partial charge on any atom is 0.165 e. The third-order valence-electron chi connectivity index (χ3n) is 4.24. The van der Waals surface area contributed by atoms with Gasteiger partial charge in [0.05, 0.1) is 18.9 Å². The zero-order valence-corrected chi connectivity index (χ0v) is 14.5. The van der Waals surface area contributed by atoms with Gasteiger partial charge < -0.3 is 10.1 Å². The van der Waals surface area contributed by atoms with Crippen molar-refractivity contribution in [2.24, 2.45) is 0 Å². The minimum atomic E-state index is 0.786. The number of nitrogens with zero attached hydrogens (tertiary/aromatic N) is 4. The molecule has 0 aliphatic rings. The summed E-state index contributed by atoms with van der Waals surface area (Å²) in [6.07, 6.45) is 8.18. The molecule has 0 amide bonds. The highest BCUT2D eigenvalue weighted by atomic mass is 16.5. The molecule has 130 valence electrons. The topological polar surface area (TPSA) is 64.3 Å². The zero-order chi connectivity index (χ0) is 17.8. The van der Waals surface area contributed by atoms with E-state index in [0.29, 0.717) is 0 Å². The fraction of sp³-hybridized carbons (Fsp3) is 0.150. The number of anilines is 1. The first-order valence-corrected chi connectivity index (χ1v) is 8.46. The maximum absolute atomic E-state index is 5.48. The summed E-state index contributed by atoms with van der Waals surface area (Å²) < 4.78 is 7.30. The Balaban J connectivity index is 1.61. The van der Waals surface area contributed by atoms with Crippen LogP contribution in [0.25, 0.3) is 16.8 Å². The van der Waals surface area contributed by atoms with E-state index < -0.39 is 0 Å². The lowest BCUT2D eigenvalue weighted by atomic mass is 10.1. The van der Waals surface area contributed by atoms with Crippen LogP contribution >= 0.6 is 0 Å². The predicted octanol–water partition coefficient (Wildman–Crippen LogP) is 3.45. The third kappa shape index (κ3) is 3.09. The van der Waals surface area contributed by atoms with Crippen molar-refractivity contribution >= 4 is 11.5 Å². The first kappa shape index (κ1) is 16.1. The fourth-order valence-corrected chi connectivity index (χ4v) is 2.96. The molecule has 0 radical (unpaired) electrons. The number of hydrogen-bond donors (Lipinski definition) is 1. The molecule has 0 saturated carbocycles. The van der Waals surface area contributed by atoms with Gasteiger partial charge in [-0.2, -0.15) is 9.61 Å². The van der Waals surface area contributed by atoms with Crippen LogP contribution in [0.5, 0.6) is 5.75 Å². The van der Waals surface area contributed by atoms with Crippen LogP contribution < -0.4 is 10.1 Å². The molecule has 4 rings (SSSR count). The lowest BCUT2D eigenvalue weighted by Gasteiger charge is -2.09. The van der Waals surface area contributed by atoms with Gasteiger partial charge >= 0.3 is 0 Å². The highest BCUT2D eigenvalue weighted by Crippen LogP contribution is 2.32. The summed E-state index contributed by atoms with van der Waals surface area (Å²) in [5, 5.41) is 7.95. The van der Waals surface area contributed by atoms with Crippen LogP contribution in [-0.2, 0) is 6.42 Å². The molecule has 0 atom stereocenters. The Bertz CT molecular complexity index is 1010. The van der Waals surface area contributed by atoms with E-state index in [-0.39, 0.29) is 0 Å². The van der Waals surface area contributed by atoms with Gasteiger partial charge in [0.15, 0.2) is 5.65 Å². The second kappa shape index (κ2) is 7.23. The first-order chi connectivity index (χ1) is 12.9. The summed E-state index contributed by atoms with van der Waals surface area (Å²) >= 11 is 0. The highest BCUT2D eigenvalue weighted by Gasteiger charge is 2.13. The van der Waals surface area contributed by atoms with E-state index in [9.17, 15) is 0 Å². The standard InChI is InChI=1S/C20H19N5O/c1-26-18-7-3-2-6-16(18)17-14-24-25-19(9-12-23-20(17)25)22-11-8-15-5-4-10-21-13-15/h2-7,9-10,12-14,22H,8,11H2,1H3. The minimum Gasteiger partial charge on any atom is -0.496 e. The monoisotopic (exact) mass is 345 g/mol. The second-order valence-electron chi connectivity index (χ2n) is 5.86. The third-order valence-corrected chi connectivity index (χ3v) is 4.24. The van der Waals surface area contributed by atoms with Crippen molar-refractivity contribution in [2.75, 3.05) is 19.0 Å². The Kier molecular flexibility index (Phi) is 4.47. The van der Waals surface area contributed by atoms with E-state index in [4.69, 9.17) is 4.74 Å². The maximum atomic E-state index is 5.48. The summed E-state index contributed by atoms with van der Waals surface area (Å²) in [7, 11) is 1.67. The Labute approximate surface area is 151 Å². The number of hydrogen-bond acceptors (Lipinski definition) is 5. The number of benzene rings is 1. The molecule has 6 nitrogen and oxygen atoms in total. The average molecular weight is 345 g/mol. The van der Waals surface area contributed by atoms with Gasteiger partial charge in [0, 0.05) is 30.7 Å². The van der Waals surface area contributed by atoms with Crippen molar-refractivity contribution < 1.29 is 4.74 Å². The van der Waals surface area contributed by atoms with E-state index >= 15 is 0 Å². The van der Waals surface area contributed by atoms with Crippen LogP contribution in [0, 0.1) is 0 Å². The van der Waals surface area contributed by atoms with Crippen LogP contribution in [0.3, 0.4) is 0 Å². The number of rotatable bonds is 6. The second-order valence-corrected chi connectivity index (χ2v) is 5.86. The molecule has 3 heterocycles. The molecule has 0 saturated heterocycles. The summed E-state index contributed by atoms with van der Waals surface area (Å²) in [6.45, 7) is 0.786. The van der Waals surface area contributed by atoms with Crippen molar-refractivity contribution in [1.82, 2.24) is 19.6 Å². The number of nitrogens with one attached hydrogen (secondary N) is 1. The van der Waals surface area contributed by atoms with E-state index in [0.717, 1.165) is 41.3 Å². The summed E-state index contributed by atoms with van der Waals surface area (Å²) in [6, 6.07) is 13.8. The van der Waals surface area contributed by atoms with Crippen LogP contribution in [0.2, 0.25) is 0 Å². The van der Waals surface area contributed by atoms with Crippen molar-refractivity contribution in [3.8, 4) is 16.9 Å². The van der Waals surface area contributed by atoms with Crippen molar-refractivity contribution in [1.29, 1.82) is 0 Å². The van der Waals surface area contributed by atoms with E-state index in [2.05, 4.69) is 26.4 Å². The summed E-state index contributed by atoms with van der Waals surface area (Å²) in [5.74, 6) is 1.71. The van der Waals surface area contributed by atoms with Crippen molar-refractivity contribution in [2.45, 2.75) is 6.42 Å². The van der Waals surface area contributed by atoms with Crippen molar-refractivity contribution in [3.63, 3.8) is 0 Å². The predicted molar refractivity (Wildman–Crippen MR) is 101 cm³/mol. The van der Waals surface area contributed by atoms with Crippen LogP contribution in [-0.4, -0.2) is 33.2 Å². The first-order valence-electron chi connectivity index (χ1n) is 8.46. The molecule has 1 N–H and O–H groups in total. The molecule has 0 spiro atoms. The molecule has 6 heteroatoms. The van der Waals surface area contributed by atoms with Gasteiger partial charge in [-0.15, -0.1) is 0 Å². The normalized spacial score (nSPS) is 10.8. The highest BCUT2D eigenvalue weighted by molar-refractivity contribution is 5.81. The Morgan fingerprint density at radius 3 is 2.77 bits per heavy atom. The summed E-state index contributed by atoms with van der Waals surface area (Å²) in [4.78, 5) is 8.66. The van der Waals surface area contributed by atoms with Gasteiger partial charge in [0.25, 0.3) is 0 Å². The average Bonchev–Trinajstić information content (AvgIpc) is 3.13. The molecular weight excluding hydrogens is 326 g/mol. The van der Waals surface area contributed by atoms with Gasteiger partial charge in [-0.25, -0.2) is 4.98 Å². The molecule has 0 fully saturated rings. The quantitative estimate of drug-likeness (QED) is 0.580. The van der Waals surface area contributed by atoms with E-state index in [1.165, 1.54) is 5.56 Å². The lowest BCUT2D eigenvalue weighted by molar-refractivity contribution is 0.416. The molecule has 3 aromatic heterocycles. The van der Waals surface area contributed by atoms with Crippen LogP contribution in [0.15, 0.2) is 67.3 Å². The smallest absolute Gasteiger partial charge is 0.165 e. The van der Waals surface area contributed by atoms with E-state index in [1.807, 2.05) is 53.3 Å². The molecule has 26 heavy (non-hydrogen) atoms. The minimum absolute atomic E-state index is 0.786. The Hall–Kier alpha value is -3.41.